The van der Waals surface area contributed by atoms with Crippen molar-refractivity contribution >= 4 is 33.4 Å². The molecule has 0 atom stereocenters. The predicted molar refractivity (Wildman–Crippen MR) is 119 cm³/mol. The van der Waals surface area contributed by atoms with Crippen molar-refractivity contribution in [3.63, 3.8) is 0 Å². The van der Waals surface area contributed by atoms with Crippen molar-refractivity contribution < 1.29 is 32.0 Å². The Labute approximate surface area is 190 Å². The molecule has 0 radical (unpaired) electrons. The Morgan fingerprint density at radius 1 is 1.00 bits per heavy atom. The first-order valence-electron chi connectivity index (χ1n) is 9.85. The topological polar surface area (TPSA) is 132 Å². The molecule has 172 valence electrons. The molecular formula is C23H22N2O7S. The number of nitrogens with one attached hydrogen (secondary N) is 2. The van der Waals surface area contributed by atoms with Gasteiger partial charge in [0.2, 0.25) is 5.76 Å². The van der Waals surface area contributed by atoms with Crippen molar-refractivity contribution in [3.05, 3.63) is 83.3 Å². The summed E-state index contributed by atoms with van der Waals surface area (Å²) in [7, 11) is -3.72. The molecule has 2 N–H and O–H groups in total. The molecule has 0 saturated heterocycles. The van der Waals surface area contributed by atoms with Crippen LogP contribution in [0.3, 0.4) is 0 Å². The Morgan fingerprint density at radius 2 is 1.73 bits per heavy atom. The number of imide groups is 1. The first-order chi connectivity index (χ1) is 15.7. The van der Waals surface area contributed by atoms with Crippen LogP contribution in [0.2, 0.25) is 0 Å². The predicted octanol–water partition coefficient (Wildman–Crippen LogP) is 3.38. The second-order valence-corrected chi connectivity index (χ2v) is 9.23. The largest absolute Gasteiger partial charge is 0.457 e. The van der Waals surface area contributed by atoms with Crippen LogP contribution in [0.15, 0.2) is 70.2 Å². The van der Waals surface area contributed by atoms with Crippen LogP contribution in [0.25, 0.3) is 0 Å². The molecule has 0 unspecified atom stereocenters. The molecule has 1 heterocycles. The summed E-state index contributed by atoms with van der Waals surface area (Å²) in [5.74, 6) is -2.71. The molecule has 3 rings (SSSR count). The van der Waals surface area contributed by atoms with Crippen LogP contribution < -0.4 is 10.6 Å². The molecule has 2 aromatic carbocycles. The normalized spacial score (nSPS) is 11.0. The summed E-state index contributed by atoms with van der Waals surface area (Å²) in [5, 5.41) is 4.59. The molecule has 0 spiro atoms. The number of amides is 3. The van der Waals surface area contributed by atoms with E-state index in [1.54, 1.807) is 24.3 Å². The van der Waals surface area contributed by atoms with Gasteiger partial charge in [-0.3, -0.25) is 10.1 Å². The van der Waals surface area contributed by atoms with E-state index in [9.17, 15) is 22.8 Å². The number of carbonyl (C=O) groups excluding carboxylic acids is 3. The molecule has 0 aliphatic carbocycles. The maximum Gasteiger partial charge on any atom is 0.375 e. The average Bonchev–Trinajstić information content (AvgIpc) is 3.22. The second-order valence-electron chi connectivity index (χ2n) is 7.24. The van der Waals surface area contributed by atoms with Gasteiger partial charge in [-0.2, -0.15) is 0 Å². The highest BCUT2D eigenvalue weighted by Gasteiger charge is 2.24. The van der Waals surface area contributed by atoms with E-state index in [4.69, 9.17) is 9.15 Å². The number of carbonyl (C=O) groups is 3. The third kappa shape index (κ3) is 6.30. The molecular weight excluding hydrogens is 448 g/mol. The summed E-state index contributed by atoms with van der Waals surface area (Å²) in [5.41, 5.74) is 2.47. The minimum atomic E-state index is -3.72. The Morgan fingerprint density at radius 3 is 2.42 bits per heavy atom. The van der Waals surface area contributed by atoms with Gasteiger partial charge in [0.1, 0.15) is 0 Å². The lowest BCUT2D eigenvalue weighted by Gasteiger charge is -2.10. The summed E-state index contributed by atoms with van der Waals surface area (Å²) < 4.78 is 35.1. The van der Waals surface area contributed by atoms with Crippen LogP contribution in [0.1, 0.15) is 27.2 Å². The Hall–Kier alpha value is -3.92. The molecule has 33 heavy (non-hydrogen) atoms. The lowest BCUT2D eigenvalue weighted by atomic mass is 10.1. The first kappa shape index (κ1) is 23.7. The molecule has 3 amide bonds. The van der Waals surface area contributed by atoms with E-state index >= 15 is 0 Å². The van der Waals surface area contributed by atoms with Gasteiger partial charge in [0, 0.05) is 11.3 Å². The standard InChI is InChI=1S/C23H22N2O7S/c1-15-8-9-19(16(2)12-15)24-23(28)25-20(26)13-32-22(27)21-17(10-11-31-21)14-33(29,30)18-6-4-3-5-7-18/h3-12H,13-14H2,1-2H3,(H2,24,25,26,28). The van der Waals surface area contributed by atoms with Crippen LogP contribution >= 0.6 is 0 Å². The van der Waals surface area contributed by atoms with Gasteiger partial charge in [-0.05, 0) is 43.7 Å². The van der Waals surface area contributed by atoms with Crippen molar-refractivity contribution in [1.29, 1.82) is 0 Å². The van der Waals surface area contributed by atoms with Crippen molar-refractivity contribution in [1.82, 2.24) is 5.32 Å². The molecule has 0 fully saturated rings. The van der Waals surface area contributed by atoms with Crippen LogP contribution in [-0.2, 0) is 25.1 Å². The van der Waals surface area contributed by atoms with Gasteiger partial charge >= 0.3 is 12.0 Å². The lowest BCUT2D eigenvalue weighted by Crippen LogP contribution is -2.37. The number of urea groups is 1. The van der Waals surface area contributed by atoms with Crippen LogP contribution in [-0.4, -0.2) is 32.9 Å². The van der Waals surface area contributed by atoms with Gasteiger partial charge in [0.25, 0.3) is 5.91 Å². The molecule has 3 aromatic rings. The summed E-state index contributed by atoms with van der Waals surface area (Å²) in [6.45, 7) is 2.96. The fourth-order valence-electron chi connectivity index (χ4n) is 3.01. The zero-order valence-corrected chi connectivity index (χ0v) is 18.8. The fourth-order valence-corrected chi connectivity index (χ4v) is 4.39. The van der Waals surface area contributed by atoms with E-state index in [1.807, 2.05) is 26.0 Å². The lowest BCUT2D eigenvalue weighted by molar-refractivity contribution is -0.123. The second kappa shape index (κ2) is 10.1. The van der Waals surface area contributed by atoms with Crippen molar-refractivity contribution in [2.24, 2.45) is 0 Å². The van der Waals surface area contributed by atoms with E-state index in [0.29, 0.717) is 5.69 Å². The number of hydrogen-bond donors (Lipinski definition) is 2. The van der Waals surface area contributed by atoms with Gasteiger partial charge in [-0.1, -0.05) is 35.9 Å². The van der Waals surface area contributed by atoms with Crippen molar-refractivity contribution in [3.8, 4) is 0 Å². The molecule has 10 heteroatoms. The summed E-state index contributed by atoms with van der Waals surface area (Å²) in [4.78, 5) is 36.4. The third-order valence-electron chi connectivity index (χ3n) is 4.60. The van der Waals surface area contributed by atoms with E-state index in [0.717, 1.165) is 17.4 Å². The number of benzene rings is 2. The molecule has 1 aromatic heterocycles. The monoisotopic (exact) mass is 470 g/mol. The summed E-state index contributed by atoms with van der Waals surface area (Å²) >= 11 is 0. The van der Waals surface area contributed by atoms with E-state index in [2.05, 4.69) is 10.6 Å². The Balaban J connectivity index is 1.55. The molecule has 9 nitrogen and oxygen atoms in total. The van der Waals surface area contributed by atoms with E-state index < -0.39 is 40.1 Å². The number of esters is 1. The highest BCUT2D eigenvalue weighted by Crippen LogP contribution is 2.20. The molecule has 0 aliphatic rings. The minimum absolute atomic E-state index is 0.0943. The minimum Gasteiger partial charge on any atom is -0.457 e. The smallest absolute Gasteiger partial charge is 0.375 e. The first-order valence-corrected chi connectivity index (χ1v) is 11.5. The third-order valence-corrected chi connectivity index (χ3v) is 6.28. The maximum atomic E-state index is 12.6. The van der Waals surface area contributed by atoms with Gasteiger partial charge in [0.15, 0.2) is 16.4 Å². The van der Waals surface area contributed by atoms with Crippen LogP contribution in [0.5, 0.6) is 0 Å². The maximum absolute atomic E-state index is 12.6. The number of sulfone groups is 1. The van der Waals surface area contributed by atoms with Crippen molar-refractivity contribution in [2.75, 3.05) is 11.9 Å². The number of hydrogen-bond acceptors (Lipinski definition) is 7. The van der Waals surface area contributed by atoms with Gasteiger partial charge in [0.05, 0.1) is 16.9 Å². The Bertz CT molecular complexity index is 1280. The van der Waals surface area contributed by atoms with Crippen LogP contribution in [0, 0.1) is 13.8 Å². The zero-order valence-electron chi connectivity index (χ0n) is 18.0. The van der Waals surface area contributed by atoms with Gasteiger partial charge < -0.3 is 14.5 Å². The van der Waals surface area contributed by atoms with Gasteiger partial charge in [-0.25, -0.2) is 18.0 Å². The summed E-state index contributed by atoms with van der Waals surface area (Å²) in [6.07, 6.45) is 1.16. The van der Waals surface area contributed by atoms with E-state index in [-0.39, 0.29) is 16.2 Å². The number of anilines is 1. The van der Waals surface area contributed by atoms with Gasteiger partial charge in [-0.15, -0.1) is 0 Å². The Kier molecular flexibility index (Phi) is 7.29. The van der Waals surface area contributed by atoms with Crippen LogP contribution in [0.4, 0.5) is 10.5 Å². The quantitative estimate of drug-likeness (QED) is 0.506. The van der Waals surface area contributed by atoms with Crippen molar-refractivity contribution in [2.45, 2.75) is 24.5 Å². The van der Waals surface area contributed by atoms with E-state index in [1.165, 1.54) is 18.2 Å². The number of rotatable bonds is 7. The SMILES string of the molecule is Cc1ccc(NC(=O)NC(=O)COC(=O)c2occc2CS(=O)(=O)c2ccccc2)c(C)c1. The summed E-state index contributed by atoms with van der Waals surface area (Å²) in [6, 6.07) is 13.7. The fraction of sp³-hybridized carbons (Fsp3) is 0.174. The molecule has 0 aliphatic heterocycles. The average molecular weight is 471 g/mol. The number of furan rings is 1. The number of ether oxygens (including phenoxy) is 1. The molecule has 0 saturated carbocycles. The zero-order chi connectivity index (χ0) is 24.0. The highest BCUT2D eigenvalue weighted by atomic mass is 32.2. The highest BCUT2D eigenvalue weighted by molar-refractivity contribution is 7.90. The number of aryl methyl sites for hydroxylation is 2. The molecule has 0 bridgehead atoms.